The third kappa shape index (κ3) is 3.06. The maximum atomic E-state index is 10.5. The van der Waals surface area contributed by atoms with E-state index in [9.17, 15) is 5.11 Å². The smallest absolute Gasteiger partial charge is 0.120 e. The van der Waals surface area contributed by atoms with Crippen molar-refractivity contribution < 1.29 is 9.84 Å². The highest BCUT2D eigenvalue weighted by molar-refractivity contribution is 7.98. The van der Waals surface area contributed by atoms with Gasteiger partial charge in [-0.05, 0) is 30.0 Å². The Hall–Kier alpha value is -1.16. The number of benzene rings is 2. The van der Waals surface area contributed by atoms with Gasteiger partial charge in [-0.2, -0.15) is 0 Å². The fraction of sp³-hybridized carbons (Fsp3) is 0.200. The summed E-state index contributed by atoms with van der Waals surface area (Å²) in [6, 6.07) is 13.1. The molecule has 2 rings (SSSR count). The fourth-order valence-electron chi connectivity index (χ4n) is 1.92. The van der Waals surface area contributed by atoms with E-state index in [4.69, 9.17) is 16.3 Å². The maximum Gasteiger partial charge on any atom is 0.120 e. The third-order valence-corrected chi connectivity index (χ3v) is 4.07. The molecule has 0 aliphatic carbocycles. The van der Waals surface area contributed by atoms with Gasteiger partial charge in [0.2, 0.25) is 0 Å². The number of hydrogen-bond acceptors (Lipinski definition) is 3. The van der Waals surface area contributed by atoms with Gasteiger partial charge in [0.15, 0.2) is 0 Å². The Morgan fingerprint density at radius 2 is 1.89 bits per heavy atom. The molecule has 0 aliphatic rings. The predicted octanol–water partition coefficient (Wildman–Crippen LogP) is 4.15. The standard InChI is InChI=1S/C15H15ClO2S/c1-18-10-7-8-11(13(16)9-10)15(17)12-5-3-4-6-14(12)19-2/h3-9,15,17H,1-2H3. The lowest BCUT2D eigenvalue weighted by Crippen LogP contribution is -2.02. The molecule has 2 nitrogen and oxygen atoms in total. The van der Waals surface area contributed by atoms with E-state index in [1.54, 1.807) is 37.1 Å². The van der Waals surface area contributed by atoms with Crippen LogP contribution in [0.2, 0.25) is 5.02 Å². The van der Waals surface area contributed by atoms with Crippen LogP contribution in [0.4, 0.5) is 0 Å². The molecule has 1 N–H and O–H groups in total. The van der Waals surface area contributed by atoms with Crippen LogP contribution in [0.5, 0.6) is 5.75 Å². The van der Waals surface area contributed by atoms with Gasteiger partial charge in [0.05, 0.1) is 12.1 Å². The molecule has 0 saturated carbocycles. The molecule has 1 unspecified atom stereocenters. The van der Waals surface area contributed by atoms with Gasteiger partial charge in [0, 0.05) is 10.5 Å². The Morgan fingerprint density at radius 3 is 2.53 bits per heavy atom. The minimum atomic E-state index is -0.734. The van der Waals surface area contributed by atoms with Crippen molar-refractivity contribution >= 4 is 23.4 Å². The largest absolute Gasteiger partial charge is 0.497 e. The SMILES string of the molecule is COc1ccc(C(O)c2ccccc2SC)c(Cl)c1. The zero-order valence-corrected chi connectivity index (χ0v) is 12.3. The van der Waals surface area contributed by atoms with Crippen molar-refractivity contribution in [1.82, 2.24) is 0 Å². The Kier molecular flexibility index (Phi) is 4.75. The Labute approximate surface area is 122 Å². The van der Waals surface area contributed by atoms with Crippen LogP contribution in [0.3, 0.4) is 0 Å². The van der Waals surface area contributed by atoms with Crippen LogP contribution in [0.1, 0.15) is 17.2 Å². The molecule has 4 heteroatoms. The highest BCUT2D eigenvalue weighted by Gasteiger charge is 2.17. The summed E-state index contributed by atoms with van der Waals surface area (Å²) in [5.41, 5.74) is 1.55. The number of methoxy groups -OCH3 is 1. The number of ether oxygens (including phenoxy) is 1. The zero-order valence-electron chi connectivity index (χ0n) is 10.8. The monoisotopic (exact) mass is 294 g/mol. The number of aliphatic hydroxyl groups is 1. The molecule has 2 aromatic carbocycles. The van der Waals surface area contributed by atoms with E-state index in [0.717, 1.165) is 10.5 Å². The molecule has 0 aliphatic heterocycles. The van der Waals surface area contributed by atoms with Gasteiger partial charge in [0.1, 0.15) is 11.9 Å². The predicted molar refractivity (Wildman–Crippen MR) is 80.3 cm³/mol. The van der Waals surface area contributed by atoms with E-state index in [1.165, 1.54) is 0 Å². The number of aliphatic hydroxyl groups excluding tert-OH is 1. The zero-order chi connectivity index (χ0) is 13.8. The average molecular weight is 295 g/mol. The first kappa shape index (κ1) is 14.3. The number of hydrogen-bond donors (Lipinski definition) is 1. The minimum Gasteiger partial charge on any atom is -0.497 e. The molecule has 2 aromatic rings. The third-order valence-electron chi connectivity index (χ3n) is 2.94. The summed E-state index contributed by atoms with van der Waals surface area (Å²) in [6.45, 7) is 0. The van der Waals surface area contributed by atoms with Crippen LogP contribution in [-0.2, 0) is 0 Å². The summed E-state index contributed by atoms with van der Waals surface area (Å²) in [4.78, 5) is 1.04. The second kappa shape index (κ2) is 6.33. The van der Waals surface area contributed by atoms with Crippen molar-refractivity contribution in [2.75, 3.05) is 13.4 Å². The number of rotatable bonds is 4. The van der Waals surface area contributed by atoms with Crippen LogP contribution in [0.15, 0.2) is 47.4 Å². The van der Waals surface area contributed by atoms with Crippen LogP contribution in [0.25, 0.3) is 0 Å². The van der Waals surface area contributed by atoms with Crippen LogP contribution >= 0.6 is 23.4 Å². The van der Waals surface area contributed by atoms with Gasteiger partial charge >= 0.3 is 0 Å². The Morgan fingerprint density at radius 1 is 1.16 bits per heavy atom. The van der Waals surface area contributed by atoms with Crippen LogP contribution in [0, 0.1) is 0 Å². The van der Waals surface area contributed by atoms with Crippen molar-refractivity contribution in [3.8, 4) is 5.75 Å². The van der Waals surface area contributed by atoms with E-state index in [-0.39, 0.29) is 0 Å². The molecule has 0 saturated heterocycles. The summed E-state index contributed by atoms with van der Waals surface area (Å²) < 4.78 is 5.11. The normalized spacial score (nSPS) is 12.2. The van der Waals surface area contributed by atoms with Crippen LogP contribution < -0.4 is 4.74 Å². The molecule has 0 radical (unpaired) electrons. The van der Waals surface area contributed by atoms with E-state index in [0.29, 0.717) is 16.3 Å². The molecule has 0 fully saturated rings. The summed E-state index contributed by atoms with van der Waals surface area (Å²) in [6.07, 6.45) is 1.25. The lowest BCUT2D eigenvalue weighted by Gasteiger charge is -2.16. The van der Waals surface area contributed by atoms with E-state index >= 15 is 0 Å². The van der Waals surface area contributed by atoms with E-state index in [2.05, 4.69) is 0 Å². The van der Waals surface area contributed by atoms with Gasteiger partial charge in [-0.15, -0.1) is 11.8 Å². The molecule has 0 amide bonds. The van der Waals surface area contributed by atoms with Gasteiger partial charge in [-0.3, -0.25) is 0 Å². The van der Waals surface area contributed by atoms with Gasteiger partial charge in [-0.1, -0.05) is 35.9 Å². The highest BCUT2D eigenvalue weighted by Crippen LogP contribution is 2.34. The molecular formula is C15H15ClO2S. The second-order valence-electron chi connectivity index (χ2n) is 4.03. The van der Waals surface area contributed by atoms with E-state index in [1.807, 2.05) is 30.5 Å². The van der Waals surface area contributed by atoms with Gasteiger partial charge in [-0.25, -0.2) is 0 Å². The molecular weight excluding hydrogens is 280 g/mol. The lowest BCUT2D eigenvalue weighted by atomic mass is 10.0. The first-order valence-corrected chi connectivity index (χ1v) is 7.42. The molecule has 100 valence electrons. The summed E-state index contributed by atoms with van der Waals surface area (Å²) in [7, 11) is 1.59. The summed E-state index contributed by atoms with van der Waals surface area (Å²) >= 11 is 7.81. The first-order valence-electron chi connectivity index (χ1n) is 5.81. The molecule has 0 aromatic heterocycles. The molecule has 0 bridgehead atoms. The summed E-state index contributed by atoms with van der Waals surface area (Å²) in [5.74, 6) is 0.680. The average Bonchev–Trinajstić information content (AvgIpc) is 2.46. The summed E-state index contributed by atoms with van der Waals surface area (Å²) in [5, 5.41) is 11.0. The number of halogens is 1. The second-order valence-corrected chi connectivity index (χ2v) is 5.29. The van der Waals surface area contributed by atoms with Gasteiger partial charge < -0.3 is 9.84 Å². The fourth-order valence-corrected chi connectivity index (χ4v) is 2.82. The van der Waals surface area contributed by atoms with Crippen molar-refractivity contribution in [3.05, 3.63) is 58.6 Å². The lowest BCUT2D eigenvalue weighted by molar-refractivity contribution is 0.217. The topological polar surface area (TPSA) is 29.5 Å². The van der Waals surface area contributed by atoms with Crippen molar-refractivity contribution in [2.45, 2.75) is 11.0 Å². The number of thioether (sulfide) groups is 1. The quantitative estimate of drug-likeness (QED) is 0.859. The van der Waals surface area contributed by atoms with Crippen molar-refractivity contribution in [2.24, 2.45) is 0 Å². The minimum absolute atomic E-state index is 0.503. The highest BCUT2D eigenvalue weighted by atomic mass is 35.5. The maximum absolute atomic E-state index is 10.5. The van der Waals surface area contributed by atoms with Crippen molar-refractivity contribution in [1.29, 1.82) is 0 Å². The van der Waals surface area contributed by atoms with Crippen molar-refractivity contribution in [3.63, 3.8) is 0 Å². The van der Waals surface area contributed by atoms with E-state index < -0.39 is 6.10 Å². The molecule has 0 spiro atoms. The molecule has 0 heterocycles. The van der Waals surface area contributed by atoms with Crippen LogP contribution in [-0.4, -0.2) is 18.5 Å². The molecule has 19 heavy (non-hydrogen) atoms. The van der Waals surface area contributed by atoms with Gasteiger partial charge in [0.25, 0.3) is 0 Å². The first-order chi connectivity index (χ1) is 9.17. The Bertz CT molecular complexity index is 572. The Balaban J connectivity index is 2.41. The molecule has 1 atom stereocenters.